The average Bonchev–Trinajstić information content (AvgIpc) is 3.12. The summed E-state index contributed by atoms with van der Waals surface area (Å²) in [7, 11) is 0. The molecule has 0 bridgehead atoms. The quantitative estimate of drug-likeness (QED) is 0.209. The van der Waals surface area contributed by atoms with Crippen LogP contribution in [0.5, 0.6) is 11.5 Å². The minimum absolute atomic E-state index is 0.704. The van der Waals surface area contributed by atoms with E-state index in [0.717, 1.165) is 78.1 Å². The average molecular weight is 576 g/mol. The maximum atomic E-state index is 6.31. The van der Waals surface area contributed by atoms with Crippen LogP contribution < -0.4 is 4.74 Å². The Morgan fingerprint density at radius 1 is 0.422 bits per heavy atom. The molecule has 0 atom stereocenters. The number of ether oxygens (including phenoxy) is 1. The van der Waals surface area contributed by atoms with Crippen LogP contribution in [0.1, 0.15) is 0 Å². The van der Waals surface area contributed by atoms with Crippen molar-refractivity contribution in [2.45, 2.75) is 0 Å². The van der Waals surface area contributed by atoms with Crippen molar-refractivity contribution in [1.29, 1.82) is 0 Å². The van der Waals surface area contributed by atoms with Gasteiger partial charge in [-0.1, -0.05) is 97.1 Å². The Balaban J connectivity index is 1.14. The maximum absolute atomic E-state index is 6.31. The fourth-order valence-electron chi connectivity index (χ4n) is 6.34. The lowest BCUT2D eigenvalue weighted by atomic mass is 9.91. The number of para-hydroxylation sites is 1. The Morgan fingerprint density at radius 2 is 1.13 bits per heavy atom. The highest BCUT2D eigenvalue weighted by molar-refractivity contribution is 6.10. The van der Waals surface area contributed by atoms with Gasteiger partial charge in [-0.3, -0.25) is 0 Å². The van der Waals surface area contributed by atoms with E-state index in [4.69, 9.17) is 19.7 Å². The van der Waals surface area contributed by atoms with E-state index in [1.807, 2.05) is 54.7 Å². The van der Waals surface area contributed by atoms with Gasteiger partial charge in [0.15, 0.2) is 5.65 Å². The molecule has 0 unspecified atom stereocenters. The van der Waals surface area contributed by atoms with E-state index in [-0.39, 0.29) is 0 Å². The second kappa shape index (κ2) is 10.2. The number of nitrogens with zero attached hydrogens (tertiary/aromatic N) is 3. The van der Waals surface area contributed by atoms with Crippen LogP contribution in [0, 0.1) is 0 Å². The molecule has 45 heavy (non-hydrogen) atoms. The summed E-state index contributed by atoms with van der Waals surface area (Å²) in [4.78, 5) is 14.9. The van der Waals surface area contributed by atoms with E-state index < -0.39 is 0 Å². The maximum Gasteiger partial charge on any atom is 0.159 e. The summed E-state index contributed by atoms with van der Waals surface area (Å²) in [6.07, 6.45) is 1.93. The molecule has 0 saturated heterocycles. The molecule has 1 aliphatic heterocycles. The predicted octanol–water partition coefficient (Wildman–Crippen LogP) is 10.6. The number of benzene rings is 5. The van der Waals surface area contributed by atoms with E-state index in [1.54, 1.807) is 0 Å². The molecule has 5 aromatic carbocycles. The van der Waals surface area contributed by atoms with Crippen LogP contribution in [0.4, 0.5) is 0 Å². The zero-order valence-corrected chi connectivity index (χ0v) is 24.2. The number of hydrogen-bond acceptors (Lipinski definition) is 4. The van der Waals surface area contributed by atoms with Gasteiger partial charge in [0.25, 0.3) is 0 Å². The second-order valence-electron chi connectivity index (χ2n) is 11.3. The van der Waals surface area contributed by atoms with Gasteiger partial charge in [-0.15, -0.1) is 0 Å². The van der Waals surface area contributed by atoms with Gasteiger partial charge < -0.3 is 4.74 Å². The Kier molecular flexibility index (Phi) is 5.78. The van der Waals surface area contributed by atoms with Crippen LogP contribution >= 0.6 is 0 Å². The number of aromatic nitrogens is 3. The molecule has 0 aliphatic carbocycles. The SMILES string of the molecule is c1ccc(-c2cc(-c3ccc4cc(-c5ccc6c7c(cccc57)-c5ccccc5O6)cnc4n3)cc(-c3ccccc3)n2)cc1. The smallest absolute Gasteiger partial charge is 0.159 e. The summed E-state index contributed by atoms with van der Waals surface area (Å²) >= 11 is 0. The first-order valence-electron chi connectivity index (χ1n) is 15.0. The molecule has 0 radical (unpaired) electrons. The highest BCUT2D eigenvalue weighted by Crippen LogP contribution is 2.48. The Labute approximate surface area is 260 Å². The molecular weight excluding hydrogens is 550 g/mol. The molecule has 0 saturated carbocycles. The van der Waals surface area contributed by atoms with E-state index in [9.17, 15) is 0 Å². The van der Waals surface area contributed by atoms with Crippen molar-refractivity contribution in [3.8, 4) is 67.5 Å². The molecule has 9 rings (SSSR count). The van der Waals surface area contributed by atoms with Crippen molar-refractivity contribution in [1.82, 2.24) is 15.0 Å². The standard InChI is InChI=1S/C41H25N3O/c1-3-10-26(11-4-1)36-23-29(24-37(43-36)27-12-5-2-6-13-27)35-20-18-28-22-30(25-42-41(28)44-35)31-19-21-39-40-33(31)15-9-16-34(40)32-14-7-8-17-38(32)45-39/h1-25H. The molecule has 4 heteroatoms. The highest BCUT2D eigenvalue weighted by atomic mass is 16.5. The Hall–Kier alpha value is -6.13. The number of pyridine rings is 3. The summed E-state index contributed by atoms with van der Waals surface area (Å²) in [5.74, 6) is 1.77. The summed E-state index contributed by atoms with van der Waals surface area (Å²) < 4.78 is 6.31. The van der Waals surface area contributed by atoms with Crippen molar-refractivity contribution in [3.05, 3.63) is 152 Å². The fraction of sp³-hybridized carbons (Fsp3) is 0. The van der Waals surface area contributed by atoms with Gasteiger partial charge in [0, 0.05) is 44.8 Å². The molecule has 0 N–H and O–H groups in total. The van der Waals surface area contributed by atoms with Crippen molar-refractivity contribution in [2.75, 3.05) is 0 Å². The minimum Gasteiger partial charge on any atom is -0.456 e. The zero-order chi connectivity index (χ0) is 29.7. The normalized spacial score (nSPS) is 11.7. The van der Waals surface area contributed by atoms with Crippen LogP contribution in [0.2, 0.25) is 0 Å². The number of rotatable bonds is 4. The van der Waals surface area contributed by atoms with Crippen molar-refractivity contribution < 1.29 is 4.74 Å². The van der Waals surface area contributed by atoms with E-state index in [1.165, 1.54) is 5.56 Å². The molecule has 4 heterocycles. The van der Waals surface area contributed by atoms with Crippen LogP contribution in [-0.4, -0.2) is 15.0 Å². The molecule has 0 spiro atoms. The Bertz CT molecular complexity index is 2340. The van der Waals surface area contributed by atoms with Gasteiger partial charge >= 0.3 is 0 Å². The lowest BCUT2D eigenvalue weighted by Crippen LogP contribution is -1.98. The summed E-state index contributed by atoms with van der Waals surface area (Å²) in [5.41, 5.74) is 11.0. The third-order valence-corrected chi connectivity index (χ3v) is 8.51. The molecule has 4 nitrogen and oxygen atoms in total. The van der Waals surface area contributed by atoms with E-state index >= 15 is 0 Å². The summed E-state index contributed by atoms with van der Waals surface area (Å²) in [6, 6.07) is 50.0. The molecular formula is C41H25N3O. The first kappa shape index (κ1) is 25.4. The molecule has 8 aromatic rings. The van der Waals surface area contributed by atoms with Crippen LogP contribution in [0.3, 0.4) is 0 Å². The monoisotopic (exact) mass is 575 g/mol. The number of fused-ring (bicyclic) bond motifs is 3. The van der Waals surface area contributed by atoms with E-state index in [2.05, 4.69) is 97.1 Å². The van der Waals surface area contributed by atoms with Gasteiger partial charge in [-0.05, 0) is 65.0 Å². The van der Waals surface area contributed by atoms with Gasteiger partial charge in [0.1, 0.15) is 11.5 Å². The van der Waals surface area contributed by atoms with Crippen LogP contribution in [0.15, 0.2) is 152 Å². The van der Waals surface area contributed by atoms with Gasteiger partial charge in [0.2, 0.25) is 0 Å². The summed E-state index contributed by atoms with van der Waals surface area (Å²) in [6.45, 7) is 0. The van der Waals surface area contributed by atoms with Gasteiger partial charge in [-0.25, -0.2) is 15.0 Å². The molecule has 1 aliphatic rings. The molecule has 0 amide bonds. The molecule has 0 fully saturated rings. The molecule has 3 aromatic heterocycles. The van der Waals surface area contributed by atoms with Crippen LogP contribution in [0.25, 0.3) is 77.8 Å². The zero-order valence-electron chi connectivity index (χ0n) is 24.2. The van der Waals surface area contributed by atoms with Crippen molar-refractivity contribution in [2.24, 2.45) is 0 Å². The topological polar surface area (TPSA) is 47.9 Å². The lowest BCUT2D eigenvalue weighted by Gasteiger charge is -2.22. The fourth-order valence-corrected chi connectivity index (χ4v) is 6.34. The first-order valence-corrected chi connectivity index (χ1v) is 15.0. The van der Waals surface area contributed by atoms with Gasteiger partial charge in [-0.2, -0.15) is 0 Å². The predicted molar refractivity (Wildman–Crippen MR) is 182 cm³/mol. The second-order valence-corrected chi connectivity index (χ2v) is 11.3. The first-order chi connectivity index (χ1) is 22.3. The van der Waals surface area contributed by atoms with Crippen LogP contribution in [-0.2, 0) is 0 Å². The van der Waals surface area contributed by atoms with E-state index in [0.29, 0.717) is 5.65 Å². The van der Waals surface area contributed by atoms with Gasteiger partial charge in [0.05, 0.1) is 17.1 Å². The lowest BCUT2D eigenvalue weighted by molar-refractivity contribution is 0.487. The Morgan fingerprint density at radius 3 is 1.91 bits per heavy atom. The minimum atomic E-state index is 0.704. The molecule has 210 valence electrons. The third-order valence-electron chi connectivity index (χ3n) is 8.51. The van der Waals surface area contributed by atoms with Crippen molar-refractivity contribution >= 4 is 21.8 Å². The number of hydrogen-bond donors (Lipinski definition) is 0. The summed E-state index contributed by atoms with van der Waals surface area (Å²) in [5, 5.41) is 3.26. The highest BCUT2D eigenvalue weighted by Gasteiger charge is 2.21. The largest absolute Gasteiger partial charge is 0.456 e. The van der Waals surface area contributed by atoms with Crippen molar-refractivity contribution in [3.63, 3.8) is 0 Å². The third kappa shape index (κ3) is 4.35.